The lowest BCUT2D eigenvalue weighted by atomic mass is 10.1. The van der Waals surface area contributed by atoms with Crippen molar-refractivity contribution in [2.45, 2.75) is 32.2 Å². The van der Waals surface area contributed by atoms with E-state index in [1.807, 2.05) is 42.7 Å². The minimum Gasteiger partial charge on any atom is -0.486 e. The van der Waals surface area contributed by atoms with Crippen LogP contribution in [0, 0.1) is 6.92 Å². The normalized spacial score (nSPS) is 10.5. The van der Waals surface area contributed by atoms with E-state index in [1.54, 1.807) is 0 Å². The van der Waals surface area contributed by atoms with E-state index in [-0.39, 0.29) is 29.2 Å². The zero-order valence-corrected chi connectivity index (χ0v) is 20.7. The van der Waals surface area contributed by atoms with Gasteiger partial charge in [0.25, 0.3) is 0 Å². The maximum atomic E-state index is 12.7. The molecular weight excluding hydrogens is 472 g/mol. The number of hydrogen-bond donors (Lipinski definition) is 1. The molecule has 0 spiro atoms. The molecule has 0 atom stereocenters. The van der Waals surface area contributed by atoms with Gasteiger partial charge in [-0.05, 0) is 49.7 Å². The first-order chi connectivity index (χ1) is 16.9. The van der Waals surface area contributed by atoms with E-state index >= 15 is 0 Å². The Morgan fingerprint density at radius 3 is 2.49 bits per heavy atom. The second-order valence-corrected chi connectivity index (χ2v) is 8.27. The minimum atomic E-state index is -0.645. The lowest BCUT2D eigenvalue weighted by molar-refractivity contribution is -0.113. The summed E-state index contributed by atoms with van der Waals surface area (Å²) in [6.45, 7) is 4.77. The number of nitrogens with zero attached hydrogens (tertiary/aromatic N) is 3. The van der Waals surface area contributed by atoms with E-state index in [0.717, 1.165) is 11.3 Å². The van der Waals surface area contributed by atoms with Gasteiger partial charge in [0.15, 0.2) is 11.0 Å². The van der Waals surface area contributed by atoms with Crippen LogP contribution < -0.4 is 10.1 Å². The number of rotatable bonds is 10. The highest BCUT2D eigenvalue weighted by molar-refractivity contribution is 7.99. The molecule has 0 saturated heterocycles. The van der Waals surface area contributed by atoms with Crippen molar-refractivity contribution < 1.29 is 28.6 Å². The summed E-state index contributed by atoms with van der Waals surface area (Å²) in [4.78, 5) is 36.6. The zero-order valence-electron chi connectivity index (χ0n) is 19.9. The fourth-order valence-electron chi connectivity index (χ4n) is 3.20. The minimum absolute atomic E-state index is 0.0000646. The van der Waals surface area contributed by atoms with Crippen LogP contribution in [0.25, 0.3) is 0 Å². The van der Waals surface area contributed by atoms with E-state index < -0.39 is 17.8 Å². The van der Waals surface area contributed by atoms with Gasteiger partial charge in [0, 0.05) is 6.54 Å². The summed E-state index contributed by atoms with van der Waals surface area (Å²) in [5, 5.41) is 11.6. The third kappa shape index (κ3) is 6.60. The monoisotopic (exact) mass is 498 g/mol. The first-order valence-corrected chi connectivity index (χ1v) is 11.7. The van der Waals surface area contributed by atoms with Crippen LogP contribution in [0.1, 0.15) is 39.0 Å². The number of esters is 2. The Bertz CT molecular complexity index is 1230. The van der Waals surface area contributed by atoms with Crippen LogP contribution in [0.5, 0.6) is 5.75 Å². The average Bonchev–Trinajstić information content (AvgIpc) is 3.27. The Kier molecular flexibility index (Phi) is 8.85. The molecule has 1 amide bonds. The van der Waals surface area contributed by atoms with Gasteiger partial charge in [0.05, 0.1) is 36.8 Å². The number of amides is 1. The first kappa shape index (κ1) is 25.8. The summed E-state index contributed by atoms with van der Waals surface area (Å²) < 4.78 is 17.2. The van der Waals surface area contributed by atoms with Gasteiger partial charge in [0.1, 0.15) is 12.4 Å². The smallest absolute Gasteiger partial charge is 0.339 e. The molecule has 0 fully saturated rings. The molecule has 35 heavy (non-hydrogen) atoms. The molecule has 0 aliphatic rings. The largest absolute Gasteiger partial charge is 0.486 e. The van der Waals surface area contributed by atoms with Crippen LogP contribution >= 0.6 is 11.8 Å². The maximum Gasteiger partial charge on any atom is 0.339 e. The molecule has 10 nitrogen and oxygen atoms in total. The Balaban J connectivity index is 1.67. The molecule has 184 valence electrons. The van der Waals surface area contributed by atoms with Crippen molar-refractivity contribution in [3.05, 3.63) is 65.0 Å². The zero-order chi connectivity index (χ0) is 25.4. The van der Waals surface area contributed by atoms with Crippen LogP contribution in [0.15, 0.2) is 47.6 Å². The molecule has 0 unspecified atom stereocenters. The molecule has 0 aliphatic carbocycles. The van der Waals surface area contributed by atoms with Crippen molar-refractivity contribution in [1.82, 2.24) is 14.8 Å². The summed E-state index contributed by atoms with van der Waals surface area (Å²) in [6.07, 6.45) is 0. The van der Waals surface area contributed by atoms with Crippen LogP contribution in [0.3, 0.4) is 0 Å². The number of hydrogen-bond acceptors (Lipinski definition) is 9. The highest BCUT2D eigenvalue weighted by Crippen LogP contribution is 2.22. The van der Waals surface area contributed by atoms with E-state index in [0.29, 0.717) is 17.5 Å². The number of nitrogens with one attached hydrogen (secondary N) is 1. The molecule has 1 N–H and O–H groups in total. The van der Waals surface area contributed by atoms with Crippen LogP contribution in [0.2, 0.25) is 0 Å². The number of anilines is 1. The second kappa shape index (κ2) is 12.0. The number of benzene rings is 2. The fourth-order valence-corrected chi connectivity index (χ4v) is 4.02. The molecule has 0 radical (unpaired) electrons. The summed E-state index contributed by atoms with van der Waals surface area (Å²) in [7, 11) is 2.48. The number of aromatic nitrogens is 3. The number of methoxy groups -OCH3 is 2. The van der Waals surface area contributed by atoms with Crippen LogP contribution in [0.4, 0.5) is 5.69 Å². The van der Waals surface area contributed by atoms with Gasteiger partial charge in [-0.1, -0.05) is 23.9 Å². The summed E-state index contributed by atoms with van der Waals surface area (Å²) in [6, 6.07) is 11.9. The fraction of sp³-hybridized carbons (Fsp3) is 0.292. The Morgan fingerprint density at radius 2 is 1.80 bits per heavy atom. The van der Waals surface area contributed by atoms with E-state index in [2.05, 4.69) is 15.5 Å². The highest BCUT2D eigenvalue weighted by atomic mass is 32.2. The summed E-state index contributed by atoms with van der Waals surface area (Å²) >= 11 is 1.19. The quantitative estimate of drug-likeness (QED) is 0.331. The van der Waals surface area contributed by atoms with Gasteiger partial charge in [0.2, 0.25) is 5.91 Å². The molecule has 0 aliphatic heterocycles. The molecular formula is C24H26N4O6S. The SMILES string of the molecule is CCn1c(COc2cccc(C)c2)nnc1SCC(=O)Nc1cc(C(=O)OC)ccc1C(=O)OC. The molecule has 11 heteroatoms. The second-order valence-electron chi connectivity index (χ2n) is 7.33. The lowest BCUT2D eigenvalue weighted by Crippen LogP contribution is -2.18. The van der Waals surface area contributed by atoms with Crippen molar-refractivity contribution in [2.24, 2.45) is 0 Å². The number of aryl methyl sites for hydroxylation is 1. The maximum absolute atomic E-state index is 12.7. The van der Waals surface area contributed by atoms with Crippen molar-refractivity contribution in [3.8, 4) is 5.75 Å². The van der Waals surface area contributed by atoms with Crippen molar-refractivity contribution in [3.63, 3.8) is 0 Å². The topological polar surface area (TPSA) is 122 Å². The van der Waals surface area contributed by atoms with Crippen molar-refractivity contribution in [1.29, 1.82) is 0 Å². The summed E-state index contributed by atoms with van der Waals surface area (Å²) in [5.41, 5.74) is 1.54. The third-order valence-corrected chi connectivity index (χ3v) is 5.89. The number of ether oxygens (including phenoxy) is 3. The lowest BCUT2D eigenvalue weighted by Gasteiger charge is -2.12. The van der Waals surface area contributed by atoms with E-state index in [9.17, 15) is 14.4 Å². The predicted octanol–water partition coefficient (Wildman–Crippen LogP) is 3.49. The van der Waals surface area contributed by atoms with E-state index in [4.69, 9.17) is 14.2 Å². The predicted molar refractivity (Wildman–Crippen MR) is 130 cm³/mol. The molecule has 3 aromatic rings. The molecule has 1 heterocycles. The van der Waals surface area contributed by atoms with Gasteiger partial charge >= 0.3 is 11.9 Å². The Morgan fingerprint density at radius 1 is 1.03 bits per heavy atom. The Hall–Kier alpha value is -3.86. The number of carbonyl (C=O) groups excluding carboxylic acids is 3. The van der Waals surface area contributed by atoms with Crippen molar-refractivity contribution in [2.75, 3.05) is 25.3 Å². The van der Waals surface area contributed by atoms with Crippen molar-refractivity contribution >= 4 is 35.3 Å². The van der Waals surface area contributed by atoms with Gasteiger partial charge < -0.3 is 24.1 Å². The summed E-state index contributed by atoms with van der Waals surface area (Å²) in [5.74, 6) is -0.267. The molecule has 0 bridgehead atoms. The molecule has 1 aromatic heterocycles. The van der Waals surface area contributed by atoms with Gasteiger partial charge in [-0.15, -0.1) is 10.2 Å². The van der Waals surface area contributed by atoms with Crippen LogP contribution in [-0.4, -0.2) is 52.6 Å². The Labute approximate surface area is 207 Å². The van der Waals surface area contributed by atoms with Gasteiger partial charge in [-0.2, -0.15) is 0 Å². The number of thioether (sulfide) groups is 1. The first-order valence-electron chi connectivity index (χ1n) is 10.7. The molecule has 3 rings (SSSR count). The van der Waals surface area contributed by atoms with Gasteiger partial charge in [-0.3, -0.25) is 4.79 Å². The number of carbonyl (C=O) groups is 3. The third-order valence-electron chi connectivity index (χ3n) is 4.92. The molecule has 2 aromatic carbocycles. The molecule has 0 saturated carbocycles. The average molecular weight is 499 g/mol. The van der Waals surface area contributed by atoms with E-state index in [1.165, 1.54) is 44.2 Å². The highest BCUT2D eigenvalue weighted by Gasteiger charge is 2.19. The standard InChI is InChI=1S/C24H26N4O6S/c1-5-28-20(13-34-17-8-6-7-15(2)11-17)26-27-24(28)35-14-21(29)25-19-12-16(22(30)32-3)9-10-18(19)23(31)33-4/h6-12H,5,13-14H2,1-4H3,(H,25,29). The van der Waals surface area contributed by atoms with Gasteiger partial charge in [-0.25, -0.2) is 9.59 Å². The van der Waals surface area contributed by atoms with Crippen LogP contribution in [-0.2, 0) is 27.4 Å².